The summed E-state index contributed by atoms with van der Waals surface area (Å²) in [5.74, 6) is 0.645. The van der Waals surface area contributed by atoms with Gasteiger partial charge >= 0.3 is 0 Å². The smallest absolute Gasteiger partial charge is 0.258 e. The highest BCUT2D eigenvalue weighted by Crippen LogP contribution is 2.29. The summed E-state index contributed by atoms with van der Waals surface area (Å²) in [7, 11) is 3.04. The molecule has 0 aliphatic heterocycles. The molecule has 0 radical (unpaired) electrons. The second kappa shape index (κ2) is 6.32. The lowest BCUT2D eigenvalue weighted by atomic mass is 10.2. The molecule has 0 aliphatic rings. The molecule has 0 saturated carbocycles. The number of methoxy groups -OCH3 is 2. The lowest BCUT2D eigenvalue weighted by Crippen LogP contribution is -2.14. The van der Waals surface area contributed by atoms with Gasteiger partial charge in [-0.05, 0) is 18.2 Å². The van der Waals surface area contributed by atoms with Gasteiger partial charge in [0, 0.05) is 6.07 Å². The van der Waals surface area contributed by atoms with Gasteiger partial charge in [0.05, 0.1) is 37.4 Å². The first kappa shape index (κ1) is 14.9. The topological polar surface area (TPSA) is 86.5 Å². The molecule has 0 aliphatic carbocycles. The SMILES string of the molecule is COc1ccc(OC)c(NC(=O)c2cc(N)cnc2Cl)c1. The molecule has 0 spiro atoms. The first-order valence-corrected chi connectivity index (χ1v) is 6.37. The van der Waals surface area contributed by atoms with Crippen molar-refractivity contribution in [2.24, 2.45) is 0 Å². The number of nitrogens with two attached hydrogens (primary N) is 1. The van der Waals surface area contributed by atoms with E-state index in [-0.39, 0.29) is 10.7 Å². The highest BCUT2D eigenvalue weighted by molar-refractivity contribution is 6.33. The third kappa shape index (κ3) is 3.35. The molecule has 2 aromatic rings. The first-order chi connectivity index (χ1) is 10.0. The number of carbonyl (C=O) groups excluding carboxylic acids is 1. The van der Waals surface area contributed by atoms with Crippen LogP contribution in [0.4, 0.5) is 11.4 Å². The maximum absolute atomic E-state index is 12.3. The van der Waals surface area contributed by atoms with Crippen molar-refractivity contribution >= 4 is 28.9 Å². The predicted molar refractivity (Wildman–Crippen MR) is 81.2 cm³/mol. The standard InChI is InChI=1S/C14H14ClN3O3/c1-20-9-3-4-12(21-2)11(6-9)18-14(19)10-5-8(16)7-17-13(10)15/h3-7H,16H2,1-2H3,(H,18,19). The van der Waals surface area contributed by atoms with Gasteiger partial charge in [-0.3, -0.25) is 4.79 Å². The zero-order chi connectivity index (χ0) is 15.4. The summed E-state index contributed by atoms with van der Waals surface area (Å²) < 4.78 is 10.3. The second-order valence-corrected chi connectivity index (χ2v) is 4.49. The molecule has 7 heteroatoms. The lowest BCUT2D eigenvalue weighted by Gasteiger charge is -2.12. The molecule has 0 atom stereocenters. The number of nitrogen functional groups attached to an aromatic ring is 1. The van der Waals surface area contributed by atoms with Gasteiger partial charge in [-0.2, -0.15) is 0 Å². The van der Waals surface area contributed by atoms with Crippen LogP contribution in [0.1, 0.15) is 10.4 Å². The summed E-state index contributed by atoms with van der Waals surface area (Å²) in [6.45, 7) is 0. The van der Waals surface area contributed by atoms with Crippen LogP contribution >= 0.6 is 11.6 Å². The fourth-order valence-electron chi connectivity index (χ4n) is 1.72. The Kier molecular flexibility index (Phi) is 4.49. The van der Waals surface area contributed by atoms with Crippen molar-refractivity contribution in [1.82, 2.24) is 4.98 Å². The summed E-state index contributed by atoms with van der Waals surface area (Å²) in [4.78, 5) is 16.1. The zero-order valence-corrected chi connectivity index (χ0v) is 12.3. The highest BCUT2D eigenvalue weighted by Gasteiger charge is 2.15. The van der Waals surface area contributed by atoms with Crippen molar-refractivity contribution in [3.63, 3.8) is 0 Å². The Hall–Kier alpha value is -2.47. The van der Waals surface area contributed by atoms with Crippen LogP contribution in [-0.4, -0.2) is 25.1 Å². The van der Waals surface area contributed by atoms with Crippen LogP contribution in [0, 0.1) is 0 Å². The van der Waals surface area contributed by atoms with Crippen LogP contribution in [-0.2, 0) is 0 Å². The second-order valence-electron chi connectivity index (χ2n) is 4.13. The van der Waals surface area contributed by atoms with Crippen LogP contribution < -0.4 is 20.5 Å². The largest absolute Gasteiger partial charge is 0.497 e. The minimum atomic E-state index is -0.439. The summed E-state index contributed by atoms with van der Waals surface area (Å²) in [6.07, 6.45) is 1.38. The predicted octanol–water partition coefficient (Wildman–Crippen LogP) is 2.59. The maximum atomic E-state index is 12.3. The van der Waals surface area contributed by atoms with E-state index in [2.05, 4.69) is 10.3 Å². The van der Waals surface area contributed by atoms with Crippen molar-refractivity contribution < 1.29 is 14.3 Å². The summed E-state index contributed by atoms with van der Waals surface area (Å²) >= 11 is 5.91. The molecule has 6 nitrogen and oxygen atoms in total. The average Bonchev–Trinajstić information content (AvgIpc) is 2.49. The number of anilines is 2. The van der Waals surface area contributed by atoms with Crippen molar-refractivity contribution in [1.29, 1.82) is 0 Å². The third-order valence-electron chi connectivity index (χ3n) is 2.76. The third-order valence-corrected chi connectivity index (χ3v) is 3.06. The van der Waals surface area contributed by atoms with E-state index in [1.165, 1.54) is 26.5 Å². The van der Waals surface area contributed by atoms with Crippen molar-refractivity contribution in [3.8, 4) is 11.5 Å². The Morgan fingerprint density at radius 1 is 1.29 bits per heavy atom. The van der Waals surface area contributed by atoms with E-state index in [9.17, 15) is 4.79 Å². The van der Waals surface area contributed by atoms with E-state index in [1.54, 1.807) is 18.2 Å². The van der Waals surface area contributed by atoms with Gasteiger partial charge in [0.15, 0.2) is 0 Å². The van der Waals surface area contributed by atoms with Gasteiger partial charge in [0.2, 0.25) is 0 Å². The van der Waals surface area contributed by atoms with Crippen LogP contribution in [0.5, 0.6) is 11.5 Å². The summed E-state index contributed by atoms with van der Waals surface area (Å²) in [5, 5.41) is 2.77. The number of aromatic nitrogens is 1. The number of nitrogens with zero attached hydrogens (tertiary/aromatic N) is 1. The Morgan fingerprint density at radius 3 is 2.71 bits per heavy atom. The molecule has 2 rings (SSSR count). The summed E-state index contributed by atoms with van der Waals surface area (Å²) in [5.41, 5.74) is 6.60. The molecule has 0 saturated heterocycles. The molecular formula is C14H14ClN3O3. The molecular weight excluding hydrogens is 294 g/mol. The molecule has 0 fully saturated rings. The van der Waals surface area contributed by atoms with E-state index >= 15 is 0 Å². The van der Waals surface area contributed by atoms with Crippen molar-refractivity contribution in [2.75, 3.05) is 25.3 Å². The average molecular weight is 308 g/mol. The number of pyridine rings is 1. The minimum absolute atomic E-state index is 0.0727. The van der Waals surface area contributed by atoms with Gasteiger partial charge in [0.1, 0.15) is 16.7 Å². The molecule has 1 amide bonds. The number of ether oxygens (including phenoxy) is 2. The lowest BCUT2D eigenvalue weighted by molar-refractivity contribution is 0.102. The van der Waals surface area contributed by atoms with E-state index in [0.717, 1.165) is 0 Å². The Balaban J connectivity index is 2.32. The van der Waals surface area contributed by atoms with Crippen molar-refractivity contribution in [2.45, 2.75) is 0 Å². The molecule has 1 heterocycles. The minimum Gasteiger partial charge on any atom is -0.497 e. The van der Waals surface area contributed by atoms with Crippen LogP contribution in [0.3, 0.4) is 0 Å². The number of nitrogens with one attached hydrogen (secondary N) is 1. The molecule has 21 heavy (non-hydrogen) atoms. The first-order valence-electron chi connectivity index (χ1n) is 5.99. The Labute approximate surface area is 126 Å². The highest BCUT2D eigenvalue weighted by atomic mass is 35.5. The number of benzene rings is 1. The molecule has 3 N–H and O–H groups in total. The number of halogens is 1. The molecule has 1 aromatic heterocycles. The monoisotopic (exact) mass is 307 g/mol. The van der Waals surface area contributed by atoms with E-state index in [4.69, 9.17) is 26.8 Å². The quantitative estimate of drug-likeness (QED) is 0.848. The number of hydrogen-bond donors (Lipinski definition) is 2. The molecule has 0 unspecified atom stereocenters. The zero-order valence-electron chi connectivity index (χ0n) is 11.5. The van der Waals surface area contributed by atoms with E-state index in [1.807, 2.05) is 0 Å². The molecule has 1 aromatic carbocycles. The van der Waals surface area contributed by atoms with E-state index < -0.39 is 5.91 Å². The Morgan fingerprint density at radius 2 is 2.05 bits per heavy atom. The fraction of sp³-hybridized carbons (Fsp3) is 0.143. The number of rotatable bonds is 4. The summed E-state index contributed by atoms with van der Waals surface area (Å²) in [6, 6.07) is 6.51. The van der Waals surface area contributed by atoms with Crippen LogP contribution in [0.15, 0.2) is 30.5 Å². The van der Waals surface area contributed by atoms with Gasteiger partial charge in [-0.15, -0.1) is 0 Å². The maximum Gasteiger partial charge on any atom is 0.258 e. The number of amides is 1. The van der Waals surface area contributed by atoms with Gasteiger partial charge in [0.25, 0.3) is 5.91 Å². The number of hydrogen-bond acceptors (Lipinski definition) is 5. The normalized spacial score (nSPS) is 10.0. The van der Waals surface area contributed by atoms with Gasteiger partial charge in [-0.1, -0.05) is 11.6 Å². The van der Waals surface area contributed by atoms with Crippen LogP contribution in [0.2, 0.25) is 5.15 Å². The fourth-order valence-corrected chi connectivity index (χ4v) is 1.91. The Bertz CT molecular complexity index is 677. The molecule has 110 valence electrons. The molecule has 0 bridgehead atoms. The van der Waals surface area contributed by atoms with Crippen molar-refractivity contribution in [3.05, 3.63) is 41.2 Å². The van der Waals surface area contributed by atoms with Gasteiger partial charge < -0.3 is 20.5 Å². The van der Waals surface area contributed by atoms with Gasteiger partial charge in [-0.25, -0.2) is 4.98 Å². The van der Waals surface area contributed by atoms with E-state index in [0.29, 0.717) is 22.9 Å². The van der Waals surface area contributed by atoms with Crippen LogP contribution in [0.25, 0.3) is 0 Å². The number of carbonyl (C=O) groups is 1.